The molecule has 4 nitrogen and oxygen atoms in total. The normalized spacial score (nSPS) is 12.2. The van der Waals surface area contributed by atoms with Crippen molar-refractivity contribution in [3.8, 4) is 0 Å². The van der Waals surface area contributed by atoms with E-state index in [-0.39, 0.29) is 0 Å². The third-order valence-electron chi connectivity index (χ3n) is 2.50. The van der Waals surface area contributed by atoms with Gasteiger partial charge in [0.25, 0.3) is 0 Å². The maximum Gasteiger partial charge on any atom is 0.407 e. The molecule has 0 aliphatic heterocycles. The van der Waals surface area contributed by atoms with Crippen molar-refractivity contribution >= 4 is 6.09 Å². The molecule has 2 N–H and O–H groups in total. The lowest BCUT2D eigenvalue weighted by Gasteiger charge is -2.13. The van der Waals surface area contributed by atoms with E-state index < -0.39 is 12.2 Å². The fraction of sp³-hybridized carbons (Fsp3) is 0.417. The number of carboxylic acid groups (broad SMARTS) is 1. The molecule has 0 saturated heterocycles. The molecule has 1 aromatic carbocycles. The smallest absolute Gasteiger partial charge is 0.407 e. The predicted octanol–water partition coefficient (Wildman–Crippen LogP) is 1.89. The summed E-state index contributed by atoms with van der Waals surface area (Å²) in [6.07, 6.45) is -0.757. The molecule has 0 radical (unpaired) electrons. The number of aliphatic hydroxyl groups is 1. The average molecular weight is 223 g/mol. The zero-order valence-corrected chi connectivity index (χ0v) is 9.55. The summed E-state index contributed by atoms with van der Waals surface area (Å²) in [5, 5.41) is 18.1. The first-order valence-corrected chi connectivity index (χ1v) is 5.21. The molecule has 0 bridgehead atoms. The minimum atomic E-state index is -0.924. The van der Waals surface area contributed by atoms with Gasteiger partial charge in [-0.2, -0.15) is 0 Å². The molecule has 4 heteroatoms. The molecule has 0 saturated carbocycles. The highest BCUT2D eigenvalue weighted by molar-refractivity contribution is 5.64. The summed E-state index contributed by atoms with van der Waals surface area (Å²) in [4.78, 5) is 11.8. The van der Waals surface area contributed by atoms with E-state index in [1.54, 1.807) is 14.0 Å². The van der Waals surface area contributed by atoms with E-state index in [2.05, 4.69) is 0 Å². The second-order valence-electron chi connectivity index (χ2n) is 3.88. The van der Waals surface area contributed by atoms with Gasteiger partial charge in [0.2, 0.25) is 0 Å². The molecule has 1 rings (SSSR count). The summed E-state index contributed by atoms with van der Waals surface area (Å²) in [5.41, 5.74) is 1.89. The molecule has 0 heterocycles. The number of aliphatic hydroxyl groups excluding tert-OH is 1. The average Bonchev–Trinajstić information content (AvgIpc) is 2.26. The molecule has 1 atom stereocenters. The lowest BCUT2D eigenvalue weighted by Crippen LogP contribution is -2.26. The van der Waals surface area contributed by atoms with Gasteiger partial charge in [0.05, 0.1) is 6.10 Å². The lowest BCUT2D eigenvalue weighted by molar-refractivity contribution is 0.156. The fourth-order valence-corrected chi connectivity index (χ4v) is 1.40. The maximum absolute atomic E-state index is 10.6. The third kappa shape index (κ3) is 3.55. The number of nitrogens with zero attached hydrogens (tertiary/aromatic N) is 1. The van der Waals surface area contributed by atoms with Crippen LogP contribution in [0.3, 0.4) is 0 Å². The third-order valence-corrected chi connectivity index (χ3v) is 2.50. The molecular weight excluding hydrogens is 206 g/mol. The van der Waals surface area contributed by atoms with Crippen molar-refractivity contribution < 1.29 is 15.0 Å². The van der Waals surface area contributed by atoms with Crippen LogP contribution in [0.4, 0.5) is 4.79 Å². The van der Waals surface area contributed by atoms with Gasteiger partial charge in [-0.1, -0.05) is 24.3 Å². The van der Waals surface area contributed by atoms with E-state index in [1.807, 2.05) is 24.3 Å². The van der Waals surface area contributed by atoms with Crippen LogP contribution in [0.5, 0.6) is 0 Å². The van der Waals surface area contributed by atoms with Crippen LogP contribution in [-0.2, 0) is 6.42 Å². The number of amides is 1. The summed E-state index contributed by atoms with van der Waals surface area (Å²) in [6.45, 7) is 2.17. The molecule has 0 fully saturated rings. The Morgan fingerprint density at radius 2 is 2.19 bits per heavy atom. The highest BCUT2D eigenvalue weighted by Crippen LogP contribution is 2.14. The summed E-state index contributed by atoms with van der Waals surface area (Å²) < 4.78 is 0. The molecule has 88 valence electrons. The Bertz CT molecular complexity index is 363. The molecular formula is C12H17NO3. The van der Waals surface area contributed by atoms with Gasteiger partial charge in [0, 0.05) is 13.6 Å². The van der Waals surface area contributed by atoms with Crippen molar-refractivity contribution in [1.29, 1.82) is 0 Å². The maximum atomic E-state index is 10.6. The summed E-state index contributed by atoms with van der Waals surface area (Å²) in [7, 11) is 1.54. The molecule has 1 aromatic rings. The summed E-state index contributed by atoms with van der Waals surface area (Å²) in [5.74, 6) is 0. The Hall–Kier alpha value is -1.55. The Balaban J connectivity index is 2.60. The number of hydrogen-bond acceptors (Lipinski definition) is 2. The van der Waals surface area contributed by atoms with Gasteiger partial charge in [0.1, 0.15) is 0 Å². The van der Waals surface area contributed by atoms with Gasteiger partial charge in [-0.15, -0.1) is 0 Å². The SMILES string of the molecule is CC(O)c1cccc(CCN(C)C(=O)O)c1. The van der Waals surface area contributed by atoms with Crippen molar-refractivity contribution in [2.45, 2.75) is 19.4 Å². The van der Waals surface area contributed by atoms with Crippen LogP contribution in [0.15, 0.2) is 24.3 Å². The van der Waals surface area contributed by atoms with Crippen LogP contribution in [-0.4, -0.2) is 34.8 Å². The van der Waals surface area contributed by atoms with Crippen molar-refractivity contribution in [3.05, 3.63) is 35.4 Å². The number of likely N-dealkylation sites (N-methyl/N-ethyl adjacent to an activating group) is 1. The Kier molecular flexibility index (Phi) is 4.31. The number of hydrogen-bond donors (Lipinski definition) is 2. The number of benzene rings is 1. The lowest BCUT2D eigenvalue weighted by atomic mass is 10.1. The predicted molar refractivity (Wildman–Crippen MR) is 61.4 cm³/mol. The van der Waals surface area contributed by atoms with Gasteiger partial charge in [-0.25, -0.2) is 4.79 Å². The van der Waals surface area contributed by atoms with Crippen molar-refractivity contribution in [2.75, 3.05) is 13.6 Å². The van der Waals surface area contributed by atoms with Crippen molar-refractivity contribution in [2.24, 2.45) is 0 Å². The number of carbonyl (C=O) groups is 1. The van der Waals surface area contributed by atoms with Crippen LogP contribution >= 0.6 is 0 Å². The molecule has 1 unspecified atom stereocenters. The monoisotopic (exact) mass is 223 g/mol. The van der Waals surface area contributed by atoms with E-state index in [9.17, 15) is 9.90 Å². The Morgan fingerprint density at radius 3 is 2.75 bits per heavy atom. The quantitative estimate of drug-likeness (QED) is 0.819. The van der Waals surface area contributed by atoms with Crippen LogP contribution < -0.4 is 0 Å². The van der Waals surface area contributed by atoms with Gasteiger partial charge in [-0.05, 0) is 24.5 Å². The zero-order chi connectivity index (χ0) is 12.1. The van der Waals surface area contributed by atoms with Crippen molar-refractivity contribution in [1.82, 2.24) is 4.90 Å². The molecule has 1 amide bonds. The fourth-order valence-electron chi connectivity index (χ4n) is 1.40. The molecule has 0 spiro atoms. The minimum Gasteiger partial charge on any atom is -0.465 e. The highest BCUT2D eigenvalue weighted by atomic mass is 16.4. The van der Waals surface area contributed by atoms with Gasteiger partial charge < -0.3 is 15.1 Å². The summed E-state index contributed by atoms with van der Waals surface area (Å²) >= 11 is 0. The van der Waals surface area contributed by atoms with E-state index in [1.165, 1.54) is 4.90 Å². The Morgan fingerprint density at radius 1 is 1.50 bits per heavy atom. The second kappa shape index (κ2) is 5.51. The zero-order valence-electron chi connectivity index (χ0n) is 9.55. The second-order valence-corrected chi connectivity index (χ2v) is 3.88. The minimum absolute atomic E-state index is 0.457. The van der Waals surface area contributed by atoms with E-state index in [4.69, 9.17) is 5.11 Å². The number of rotatable bonds is 4. The Labute approximate surface area is 95.1 Å². The summed E-state index contributed by atoms with van der Waals surface area (Å²) in [6, 6.07) is 7.56. The molecule has 16 heavy (non-hydrogen) atoms. The van der Waals surface area contributed by atoms with E-state index in [0.717, 1.165) is 11.1 Å². The molecule has 0 aliphatic rings. The first-order valence-electron chi connectivity index (χ1n) is 5.21. The van der Waals surface area contributed by atoms with Gasteiger partial charge in [0.15, 0.2) is 0 Å². The highest BCUT2D eigenvalue weighted by Gasteiger charge is 2.06. The largest absolute Gasteiger partial charge is 0.465 e. The first kappa shape index (κ1) is 12.5. The van der Waals surface area contributed by atoms with Crippen LogP contribution in [0.1, 0.15) is 24.2 Å². The van der Waals surface area contributed by atoms with Crippen LogP contribution in [0.25, 0.3) is 0 Å². The molecule has 0 aromatic heterocycles. The van der Waals surface area contributed by atoms with Gasteiger partial charge >= 0.3 is 6.09 Å². The van der Waals surface area contributed by atoms with E-state index >= 15 is 0 Å². The van der Waals surface area contributed by atoms with Crippen molar-refractivity contribution in [3.63, 3.8) is 0 Å². The van der Waals surface area contributed by atoms with Gasteiger partial charge in [-0.3, -0.25) is 0 Å². The standard InChI is InChI=1S/C12H17NO3/c1-9(14)11-5-3-4-10(8-11)6-7-13(2)12(15)16/h3-5,8-9,14H,6-7H2,1-2H3,(H,15,16). The van der Waals surface area contributed by atoms with Crippen LogP contribution in [0, 0.1) is 0 Å². The first-order chi connectivity index (χ1) is 7.50. The topological polar surface area (TPSA) is 60.8 Å². The van der Waals surface area contributed by atoms with E-state index in [0.29, 0.717) is 13.0 Å². The molecule has 0 aliphatic carbocycles. The van der Waals surface area contributed by atoms with Crippen LogP contribution in [0.2, 0.25) is 0 Å².